The van der Waals surface area contributed by atoms with Crippen molar-refractivity contribution >= 4 is 11.7 Å². The number of carbonyl (C=O) groups excluding carboxylic acids is 1. The van der Waals surface area contributed by atoms with Crippen LogP contribution in [-0.4, -0.2) is 57.4 Å². The van der Waals surface area contributed by atoms with Crippen molar-refractivity contribution in [2.45, 2.75) is 0 Å². The first kappa shape index (κ1) is 18.8. The minimum absolute atomic E-state index is 0.0944. The summed E-state index contributed by atoms with van der Waals surface area (Å²) in [6, 6.07) is 13.7. The molecule has 0 spiro atoms. The van der Waals surface area contributed by atoms with Crippen molar-refractivity contribution in [2.24, 2.45) is 0 Å². The van der Waals surface area contributed by atoms with Gasteiger partial charge < -0.3 is 24.6 Å². The summed E-state index contributed by atoms with van der Waals surface area (Å²) in [5.74, 6) is 1.19. The molecule has 2 amide bonds. The second-order valence-electron chi connectivity index (χ2n) is 6.21. The summed E-state index contributed by atoms with van der Waals surface area (Å²) in [5, 5.41) is 2.88. The van der Waals surface area contributed by atoms with Crippen LogP contribution >= 0.6 is 0 Å². The van der Waals surface area contributed by atoms with Crippen LogP contribution in [0.5, 0.6) is 11.5 Å². The fourth-order valence-corrected chi connectivity index (χ4v) is 2.95. The fraction of sp³-hybridized carbons (Fsp3) is 0.350. The first-order valence-corrected chi connectivity index (χ1v) is 8.96. The van der Waals surface area contributed by atoms with E-state index in [1.165, 1.54) is 12.1 Å². The first-order valence-electron chi connectivity index (χ1n) is 8.96. The number of piperazine rings is 1. The summed E-state index contributed by atoms with van der Waals surface area (Å²) < 4.78 is 23.8. The van der Waals surface area contributed by atoms with Crippen LogP contribution in [0.15, 0.2) is 48.5 Å². The van der Waals surface area contributed by atoms with E-state index in [0.29, 0.717) is 32.0 Å². The van der Waals surface area contributed by atoms with E-state index in [1.54, 1.807) is 30.2 Å². The molecule has 0 radical (unpaired) electrons. The molecule has 7 heteroatoms. The van der Waals surface area contributed by atoms with E-state index >= 15 is 0 Å². The summed E-state index contributed by atoms with van der Waals surface area (Å²) in [6.07, 6.45) is 0. The molecule has 3 rings (SSSR count). The average Bonchev–Trinajstić information content (AvgIpc) is 2.72. The number of benzene rings is 2. The van der Waals surface area contributed by atoms with Gasteiger partial charge in [0, 0.05) is 37.9 Å². The van der Waals surface area contributed by atoms with Gasteiger partial charge in [-0.3, -0.25) is 0 Å². The van der Waals surface area contributed by atoms with E-state index in [0.717, 1.165) is 24.5 Å². The van der Waals surface area contributed by atoms with E-state index in [-0.39, 0.29) is 11.8 Å². The van der Waals surface area contributed by atoms with Crippen LogP contribution < -0.4 is 19.7 Å². The molecule has 0 saturated carbocycles. The second kappa shape index (κ2) is 9.12. The fourth-order valence-electron chi connectivity index (χ4n) is 2.95. The number of hydrogen-bond donors (Lipinski definition) is 1. The predicted octanol–water partition coefficient (Wildman–Crippen LogP) is 2.74. The largest absolute Gasteiger partial charge is 0.497 e. The van der Waals surface area contributed by atoms with Gasteiger partial charge in [0.2, 0.25) is 0 Å². The van der Waals surface area contributed by atoms with Gasteiger partial charge in [0.1, 0.15) is 23.9 Å². The van der Waals surface area contributed by atoms with Gasteiger partial charge in [-0.05, 0) is 36.4 Å². The Hall–Kier alpha value is -2.96. The Kier molecular flexibility index (Phi) is 6.35. The number of methoxy groups -OCH3 is 1. The average molecular weight is 373 g/mol. The van der Waals surface area contributed by atoms with Crippen LogP contribution in [0, 0.1) is 5.82 Å². The third kappa shape index (κ3) is 5.26. The molecule has 144 valence electrons. The Labute approximate surface area is 158 Å². The molecule has 27 heavy (non-hydrogen) atoms. The maximum absolute atomic E-state index is 13.0. The van der Waals surface area contributed by atoms with Crippen molar-refractivity contribution < 1.29 is 18.7 Å². The summed E-state index contributed by atoms with van der Waals surface area (Å²) >= 11 is 0. The zero-order valence-electron chi connectivity index (χ0n) is 15.4. The highest BCUT2D eigenvalue weighted by Crippen LogP contribution is 2.19. The van der Waals surface area contributed by atoms with Gasteiger partial charge in [0.25, 0.3) is 0 Å². The Morgan fingerprint density at radius 3 is 2.48 bits per heavy atom. The lowest BCUT2D eigenvalue weighted by Gasteiger charge is -2.36. The summed E-state index contributed by atoms with van der Waals surface area (Å²) in [5.41, 5.74) is 0.975. The van der Waals surface area contributed by atoms with Gasteiger partial charge in [-0.25, -0.2) is 9.18 Å². The number of halogens is 1. The van der Waals surface area contributed by atoms with Crippen LogP contribution in [0.3, 0.4) is 0 Å². The van der Waals surface area contributed by atoms with E-state index in [4.69, 9.17) is 9.47 Å². The molecule has 0 aromatic heterocycles. The Morgan fingerprint density at radius 1 is 1.07 bits per heavy atom. The molecule has 0 bridgehead atoms. The van der Waals surface area contributed by atoms with Crippen molar-refractivity contribution in [2.75, 3.05) is 51.3 Å². The number of nitrogens with zero attached hydrogens (tertiary/aromatic N) is 2. The summed E-state index contributed by atoms with van der Waals surface area (Å²) in [4.78, 5) is 16.2. The number of urea groups is 1. The molecule has 1 aliphatic rings. The third-order valence-electron chi connectivity index (χ3n) is 4.45. The lowest BCUT2D eigenvalue weighted by Crippen LogP contribution is -2.52. The van der Waals surface area contributed by atoms with E-state index in [2.05, 4.69) is 10.2 Å². The number of nitrogens with one attached hydrogen (secondary N) is 1. The molecule has 6 nitrogen and oxygen atoms in total. The first-order chi connectivity index (χ1) is 13.2. The normalized spacial score (nSPS) is 14.0. The highest BCUT2D eigenvalue weighted by Gasteiger charge is 2.21. The van der Waals surface area contributed by atoms with Crippen LogP contribution in [0.25, 0.3) is 0 Å². The van der Waals surface area contributed by atoms with Gasteiger partial charge >= 0.3 is 6.03 Å². The van der Waals surface area contributed by atoms with Gasteiger partial charge in [-0.2, -0.15) is 0 Å². The number of ether oxygens (including phenoxy) is 2. The van der Waals surface area contributed by atoms with Crippen LogP contribution in [0.4, 0.5) is 14.9 Å². The van der Waals surface area contributed by atoms with Gasteiger partial charge in [0.05, 0.1) is 13.7 Å². The summed E-state index contributed by atoms with van der Waals surface area (Å²) in [7, 11) is 1.61. The van der Waals surface area contributed by atoms with Crippen molar-refractivity contribution in [3.8, 4) is 11.5 Å². The number of rotatable bonds is 6. The molecule has 0 atom stereocenters. The molecule has 2 aromatic carbocycles. The number of carbonyl (C=O) groups is 1. The van der Waals surface area contributed by atoms with E-state index in [9.17, 15) is 9.18 Å². The quantitative estimate of drug-likeness (QED) is 0.791. The van der Waals surface area contributed by atoms with Crippen LogP contribution in [0.2, 0.25) is 0 Å². The highest BCUT2D eigenvalue weighted by atomic mass is 19.1. The molecular formula is C20H24FN3O3. The van der Waals surface area contributed by atoms with Gasteiger partial charge in [-0.1, -0.05) is 6.07 Å². The zero-order valence-corrected chi connectivity index (χ0v) is 15.4. The zero-order chi connectivity index (χ0) is 19.1. The molecular weight excluding hydrogens is 349 g/mol. The molecule has 1 heterocycles. The standard InChI is InChI=1S/C20H24FN3O3/c1-26-18-3-2-4-19(15-18)27-14-9-22-20(25)24-12-10-23(11-13-24)17-7-5-16(21)6-8-17/h2-8,15H,9-14H2,1H3,(H,22,25). The van der Waals surface area contributed by atoms with Gasteiger partial charge in [0.15, 0.2) is 0 Å². The molecule has 1 N–H and O–H groups in total. The van der Waals surface area contributed by atoms with Crippen LogP contribution in [-0.2, 0) is 0 Å². The Balaban J connectivity index is 1.37. The third-order valence-corrected chi connectivity index (χ3v) is 4.45. The summed E-state index contributed by atoms with van der Waals surface area (Å²) in [6.45, 7) is 3.50. The van der Waals surface area contributed by atoms with Gasteiger partial charge in [-0.15, -0.1) is 0 Å². The SMILES string of the molecule is COc1cccc(OCCNC(=O)N2CCN(c3ccc(F)cc3)CC2)c1. The van der Waals surface area contributed by atoms with Crippen LogP contribution in [0.1, 0.15) is 0 Å². The van der Waals surface area contributed by atoms with Crippen molar-refractivity contribution in [1.82, 2.24) is 10.2 Å². The monoisotopic (exact) mass is 373 g/mol. The van der Waals surface area contributed by atoms with Crippen molar-refractivity contribution in [3.05, 3.63) is 54.3 Å². The Bertz CT molecular complexity index is 746. The van der Waals surface area contributed by atoms with E-state index < -0.39 is 0 Å². The van der Waals surface area contributed by atoms with E-state index in [1.807, 2.05) is 18.2 Å². The molecule has 0 aliphatic carbocycles. The lowest BCUT2D eigenvalue weighted by molar-refractivity contribution is 0.191. The van der Waals surface area contributed by atoms with Crippen molar-refractivity contribution in [1.29, 1.82) is 0 Å². The highest BCUT2D eigenvalue weighted by molar-refractivity contribution is 5.74. The maximum atomic E-state index is 13.0. The molecule has 1 fully saturated rings. The lowest BCUT2D eigenvalue weighted by atomic mass is 10.2. The van der Waals surface area contributed by atoms with Crippen molar-refractivity contribution in [3.63, 3.8) is 0 Å². The molecule has 0 unspecified atom stereocenters. The predicted molar refractivity (Wildman–Crippen MR) is 102 cm³/mol. The molecule has 2 aromatic rings. The smallest absolute Gasteiger partial charge is 0.317 e. The molecule has 1 aliphatic heterocycles. The number of anilines is 1. The Morgan fingerprint density at radius 2 is 1.78 bits per heavy atom. The second-order valence-corrected chi connectivity index (χ2v) is 6.21. The minimum atomic E-state index is -0.243. The number of hydrogen-bond acceptors (Lipinski definition) is 4. The number of amides is 2. The maximum Gasteiger partial charge on any atom is 0.317 e. The molecule has 1 saturated heterocycles. The minimum Gasteiger partial charge on any atom is -0.497 e. The topological polar surface area (TPSA) is 54.0 Å².